The van der Waals surface area contributed by atoms with Crippen LogP contribution in [0, 0.1) is 12.7 Å². The number of nitrogens with one attached hydrogen (secondary N) is 1. The fraction of sp³-hybridized carbons (Fsp3) is 0.267. The van der Waals surface area contributed by atoms with Crippen LogP contribution < -0.4 is 10.1 Å². The Hall–Kier alpha value is -2.30. The zero-order valence-electron chi connectivity index (χ0n) is 11.6. The first-order valence-electron chi connectivity index (χ1n) is 6.21. The van der Waals surface area contributed by atoms with E-state index in [-0.39, 0.29) is 17.7 Å². The van der Waals surface area contributed by atoms with Crippen LogP contribution in [0.4, 0.5) is 4.39 Å². The van der Waals surface area contributed by atoms with E-state index < -0.39 is 5.82 Å². The molecule has 0 saturated heterocycles. The molecule has 2 rings (SSSR count). The molecule has 0 unspecified atom stereocenters. The maximum Gasteiger partial charge on any atom is 0.255 e. The lowest BCUT2D eigenvalue weighted by Gasteiger charge is -2.15. The molecule has 0 radical (unpaired) electrons. The van der Waals surface area contributed by atoms with E-state index in [0.29, 0.717) is 16.9 Å². The standard InChI is InChI=1S/C15H16FNO3/c1-9(11-4-5-14(19-3)13(16)8-11)17-15(18)12-6-7-20-10(12)2/h4-9H,1-3H3,(H,17,18)/t9-/m0/s1. The molecule has 2 aromatic rings. The lowest BCUT2D eigenvalue weighted by Crippen LogP contribution is -2.26. The Kier molecular flexibility index (Phi) is 4.08. The lowest BCUT2D eigenvalue weighted by molar-refractivity contribution is 0.0938. The van der Waals surface area contributed by atoms with Crippen LogP contribution in [-0.2, 0) is 0 Å². The van der Waals surface area contributed by atoms with Gasteiger partial charge in [0.05, 0.1) is 25.0 Å². The molecule has 0 bridgehead atoms. The van der Waals surface area contributed by atoms with Crippen molar-refractivity contribution in [1.29, 1.82) is 0 Å². The summed E-state index contributed by atoms with van der Waals surface area (Å²) in [5.41, 5.74) is 1.14. The Labute approximate surface area is 116 Å². The van der Waals surface area contributed by atoms with Gasteiger partial charge in [0.25, 0.3) is 5.91 Å². The Morgan fingerprint density at radius 2 is 2.15 bits per heavy atom. The van der Waals surface area contributed by atoms with Gasteiger partial charge in [-0.3, -0.25) is 4.79 Å². The number of carbonyl (C=O) groups is 1. The van der Waals surface area contributed by atoms with Crippen LogP contribution in [0.1, 0.15) is 34.6 Å². The van der Waals surface area contributed by atoms with Gasteiger partial charge in [0.2, 0.25) is 0 Å². The number of ether oxygens (including phenoxy) is 1. The number of furan rings is 1. The highest BCUT2D eigenvalue weighted by atomic mass is 19.1. The molecule has 4 nitrogen and oxygen atoms in total. The highest BCUT2D eigenvalue weighted by Gasteiger charge is 2.16. The normalized spacial score (nSPS) is 12.0. The van der Waals surface area contributed by atoms with Gasteiger partial charge in [-0.1, -0.05) is 6.07 Å². The van der Waals surface area contributed by atoms with Crippen molar-refractivity contribution >= 4 is 5.91 Å². The zero-order valence-corrected chi connectivity index (χ0v) is 11.6. The molecule has 1 aromatic heterocycles. The van der Waals surface area contributed by atoms with Crippen LogP contribution >= 0.6 is 0 Å². The van der Waals surface area contributed by atoms with Crippen molar-refractivity contribution in [3.63, 3.8) is 0 Å². The average Bonchev–Trinajstić information content (AvgIpc) is 2.84. The monoisotopic (exact) mass is 277 g/mol. The Bertz CT molecular complexity index is 621. The number of benzene rings is 1. The summed E-state index contributed by atoms with van der Waals surface area (Å²) >= 11 is 0. The average molecular weight is 277 g/mol. The lowest BCUT2D eigenvalue weighted by atomic mass is 10.1. The van der Waals surface area contributed by atoms with Crippen molar-refractivity contribution in [3.05, 3.63) is 53.2 Å². The second-order valence-corrected chi connectivity index (χ2v) is 4.48. The molecule has 1 atom stereocenters. The maximum atomic E-state index is 13.6. The van der Waals surface area contributed by atoms with E-state index in [0.717, 1.165) is 0 Å². The number of aryl methyl sites for hydroxylation is 1. The SMILES string of the molecule is COc1ccc([C@H](C)NC(=O)c2ccoc2C)cc1F. The van der Waals surface area contributed by atoms with Crippen molar-refractivity contribution in [3.8, 4) is 5.75 Å². The fourth-order valence-corrected chi connectivity index (χ4v) is 1.93. The predicted octanol–water partition coefficient (Wildman–Crippen LogP) is 3.23. The molecule has 106 valence electrons. The van der Waals surface area contributed by atoms with Crippen LogP contribution in [0.2, 0.25) is 0 Å². The van der Waals surface area contributed by atoms with E-state index in [1.807, 2.05) is 0 Å². The third-order valence-corrected chi connectivity index (χ3v) is 3.13. The molecule has 0 aliphatic rings. The van der Waals surface area contributed by atoms with Crippen molar-refractivity contribution in [2.75, 3.05) is 7.11 Å². The molecule has 20 heavy (non-hydrogen) atoms. The van der Waals surface area contributed by atoms with Crippen LogP contribution in [0.15, 0.2) is 34.9 Å². The summed E-state index contributed by atoms with van der Waals surface area (Å²) in [4.78, 5) is 12.0. The van der Waals surface area contributed by atoms with Crippen LogP contribution in [0.25, 0.3) is 0 Å². The minimum absolute atomic E-state index is 0.179. The molecule has 0 saturated carbocycles. The smallest absolute Gasteiger partial charge is 0.255 e. The fourth-order valence-electron chi connectivity index (χ4n) is 1.93. The number of amides is 1. The van der Waals surface area contributed by atoms with E-state index in [1.165, 1.54) is 25.5 Å². The topological polar surface area (TPSA) is 51.5 Å². The highest BCUT2D eigenvalue weighted by Crippen LogP contribution is 2.22. The van der Waals surface area contributed by atoms with Crippen molar-refractivity contribution < 1.29 is 18.3 Å². The second-order valence-electron chi connectivity index (χ2n) is 4.48. The minimum atomic E-state index is -0.453. The summed E-state index contributed by atoms with van der Waals surface area (Å²) in [7, 11) is 1.41. The molecule has 5 heteroatoms. The summed E-state index contributed by atoms with van der Waals surface area (Å²) in [6.07, 6.45) is 1.46. The van der Waals surface area contributed by atoms with E-state index in [9.17, 15) is 9.18 Å². The van der Waals surface area contributed by atoms with E-state index >= 15 is 0 Å². The molecule has 1 amide bonds. The minimum Gasteiger partial charge on any atom is -0.494 e. The van der Waals surface area contributed by atoms with Gasteiger partial charge in [0.1, 0.15) is 5.76 Å². The van der Waals surface area contributed by atoms with Gasteiger partial charge in [-0.25, -0.2) is 4.39 Å². The van der Waals surface area contributed by atoms with Crippen LogP contribution in [0.5, 0.6) is 5.75 Å². The van der Waals surface area contributed by atoms with Crippen LogP contribution in [0.3, 0.4) is 0 Å². The summed E-state index contributed by atoms with van der Waals surface area (Å²) < 4.78 is 23.6. The third kappa shape index (κ3) is 2.82. The zero-order chi connectivity index (χ0) is 14.7. The van der Waals surface area contributed by atoms with Gasteiger partial charge in [-0.2, -0.15) is 0 Å². The van der Waals surface area contributed by atoms with Gasteiger partial charge in [0, 0.05) is 0 Å². The molecular weight excluding hydrogens is 261 g/mol. The van der Waals surface area contributed by atoms with E-state index in [2.05, 4.69) is 5.32 Å². The molecule has 1 aromatic carbocycles. The third-order valence-electron chi connectivity index (χ3n) is 3.13. The summed E-state index contributed by atoms with van der Waals surface area (Å²) in [5.74, 6) is 0.0270. The van der Waals surface area contributed by atoms with E-state index in [1.54, 1.807) is 26.0 Å². The molecule has 0 aliphatic heterocycles. The first-order valence-corrected chi connectivity index (χ1v) is 6.21. The highest BCUT2D eigenvalue weighted by molar-refractivity contribution is 5.95. The second kappa shape index (κ2) is 5.77. The first kappa shape index (κ1) is 14.1. The summed E-state index contributed by atoms with van der Waals surface area (Å²) in [6, 6.07) is 5.89. The molecule has 0 fully saturated rings. The van der Waals surface area contributed by atoms with Crippen molar-refractivity contribution in [2.45, 2.75) is 19.9 Å². The predicted molar refractivity (Wildman–Crippen MR) is 72.3 cm³/mol. The van der Waals surface area contributed by atoms with Crippen molar-refractivity contribution in [2.24, 2.45) is 0 Å². The van der Waals surface area contributed by atoms with Gasteiger partial charge in [-0.15, -0.1) is 0 Å². The summed E-state index contributed by atoms with van der Waals surface area (Å²) in [5, 5.41) is 2.80. The number of hydrogen-bond donors (Lipinski definition) is 1. The van der Waals surface area contributed by atoms with E-state index in [4.69, 9.17) is 9.15 Å². The molecule has 0 aliphatic carbocycles. The summed E-state index contributed by atoms with van der Waals surface area (Å²) in [6.45, 7) is 3.50. The number of rotatable bonds is 4. The largest absolute Gasteiger partial charge is 0.494 e. The maximum absolute atomic E-state index is 13.6. The van der Waals surface area contributed by atoms with Gasteiger partial charge >= 0.3 is 0 Å². The molecule has 1 heterocycles. The number of halogens is 1. The van der Waals surface area contributed by atoms with Gasteiger partial charge < -0.3 is 14.5 Å². The molecule has 0 spiro atoms. The number of carbonyl (C=O) groups excluding carboxylic acids is 1. The Morgan fingerprint density at radius 1 is 1.40 bits per heavy atom. The van der Waals surface area contributed by atoms with Gasteiger partial charge in [-0.05, 0) is 37.6 Å². The first-order chi connectivity index (χ1) is 9.52. The molecule has 1 N–H and O–H groups in total. The van der Waals surface area contributed by atoms with Gasteiger partial charge in [0.15, 0.2) is 11.6 Å². The Balaban J connectivity index is 2.12. The quantitative estimate of drug-likeness (QED) is 0.933. The molecular formula is C15H16FNO3. The Morgan fingerprint density at radius 3 is 2.70 bits per heavy atom. The van der Waals surface area contributed by atoms with Crippen LogP contribution in [-0.4, -0.2) is 13.0 Å². The number of methoxy groups -OCH3 is 1. The number of hydrogen-bond acceptors (Lipinski definition) is 3. The van der Waals surface area contributed by atoms with Crippen molar-refractivity contribution in [1.82, 2.24) is 5.32 Å².